The molecule has 0 aromatic carbocycles. The van der Waals surface area contributed by atoms with Crippen LogP contribution in [0.25, 0.3) is 5.73 Å². The SMILES string of the molecule is COC1=CC=C(NCC[NH-])CC1. The number of hydrogen-bond donors (Lipinski definition) is 1. The first kappa shape index (κ1) is 9.13. The molecule has 0 aromatic heterocycles. The minimum atomic E-state index is 0.429. The summed E-state index contributed by atoms with van der Waals surface area (Å²) in [6.07, 6.45) is 5.97. The van der Waals surface area contributed by atoms with Crippen molar-refractivity contribution in [3.05, 3.63) is 29.3 Å². The van der Waals surface area contributed by atoms with Gasteiger partial charge in [0, 0.05) is 12.1 Å². The number of hydrogen-bond acceptors (Lipinski definition) is 2. The second-order valence-electron chi connectivity index (χ2n) is 2.71. The first-order chi connectivity index (χ1) is 5.86. The van der Waals surface area contributed by atoms with Crippen LogP contribution in [0.2, 0.25) is 0 Å². The van der Waals surface area contributed by atoms with Gasteiger partial charge in [0.15, 0.2) is 0 Å². The van der Waals surface area contributed by atoms with E-state index in [2.05, 4.69) is 5.32 Å². The summed E-state index contributed by atoms with van der Waals surface area (Å²) in [5.41, 5.74) is 8.18. The van der Waals surface area contributed by atoms with E-state index in [1.54, 1.807) is 7.11 Å². The quantitative estimate of drug-likeness (QED) is 0.694. The van der Waals surface area contributed by atoms with E-state index in [0.717, 1.165) is 25.1 Å². The molecule has 0 heterocycles. The van der Waals surface area contributed by atoms with Crippen LogP contribution in [0.5, 0.6) is 0 Å². The third-order valence-corrected chi connectivity index (χ3v) is 1.85. The molecular formula is C9H15N2O-. The van der Waals surface area contributed by atoms with E-state index in [4.69, 9.17) is 10.5 Å². The fourth-order valence-electron chi connectivity index (χ4n) is 1.16. The largest absolute Gasteiger partial charge is 0.676 e. The minimum Gasteiger partial charge on any atom is -0.676 e. The molecule has 0 bridgehead atoms. The molecule has 0 amide bonds. The Morgan fingerprint density at radius 1 is 1.50 bits per heavy atom. The van der Waals surface area contributed by atoms with Crippen molar-refractivity contribution < 1.29 is 4.74 Å². The average molecular weight is 167 g/mol. The van der Waals surface area contributed by atoms with Crippen molar-refractivity contribution in [2.75, 3.05) is 20.2 Å². The molecule has 0 saturated carbocycles. The van der Waals surface area contributed by atoms with E-state index < -0.39 is 0 Å². The fraction of sp³-hybridized carbons (Fsp3) is 0.556. The van der Waals surface area contributed by atoms with Gasteiger partial charge in [-0.25, -0.2) is 0 Å². The molecular weight excluding hydrogens is 152 g/mol. The van der Waals surface area contributed by atoms with E-state index in [0.29, 0.717) is 6.54 Å². The van der Waals surface area contributed by atoms with Gasteiger partial charge >= 0.3 is 0 Å². The lowest BCUT2D eigenvalue weighted by atomic mass is 10.1. The number of ether oxygens (including phenoxy) is 1. The Balaban J connectivity index is 2.37. The standard InChI is InChI=1S/C9H15N2O/c1-12-9-4-2-8(3-5-9)11-7-6-10/h2,4,10-11H,3,5-7H2,1H3/q-1. The van der Waals surface area contributed by atoms with Gasteiger partial charge in [0.1, 0.15) is 0 Å². The minimum absolute atomic E-state index is 0.429. The zero-order chi connectivity index (χ0) is 8.81. The van der Waals surface area contributed by atoms with Crippen LogP contribution >= 0.6 is 0 Å². The number of allylic oxidation sites excluding steroid dienone is 4. The molecule has 0 saturated heterocycles. The van der Waals surface area contributed by atoms with E-state index >= 15 is 0 Å². The van der Waals surface area contributed by atoms with Gasteiger partial charge in [-0.3, -0.25) is 0 Å². The molecule has 0 unspecified atom stereocenters. The molecule has 0 fully saturated rings. The lowest BCUT2D eigenvalue weighted by Crippen LogP contribution is -2.17. The highest BCUT2D eigenvalue weighted by atomic mass is 16.5. The van der Waals surface area contributed by atoms with E-state index in [9.17, 15) is 0 Å². The highest BCUT2D eigenvalue weighted by Gasteiger charge is 2.04. The van der Waals surface area contributed by atoms with Gasteiger partial charge in [-0.05, 0) is 25.1 Å². The van der Waals surface area contributed by atoms with Crippen LogP contribution in [0.1, 0.15) is 12.8 Å². The normalized spacial score (nSPS) is 16.5. The number of methoxy groups -OCH3 is 1. The topological polar surface area (TPSA) is 45.1 Å². The van der Waals surface area contributed by atoms with Gasteiger partial charge < -0.3 is 15.8 Å². The van der Waals surface area contributed by atoms with Crippen LogP contribution in [0.3, 0.4) is 0 Å². The highest BCUT2D eigenvalue weighted by molar-refractivity contribution is 5.19. The first-order valence-electron chi connectivity index (χ1n) is 4.19. The fourth-order valence-corrected chi connectivity index (χ4v) is 1.16. The van der Waals surface area contributed by atoms with Crippen LogP contribution in [-0.4, -0.2) is 20.2 Å². The Labute approximate surface area is 73.3 Å². The second-order valence-corrected chi connectivity index (χ2v) is 2.71. The van der Waals surface area contributed by atoms with Crippen molar-refractivity contribution in [2.45, 2.75) is 12.8 Å². The van der Waals surface area contributed by atoms with E-state index in [1.807, 2.05) is 12.2 Å². The molecule has 1 aliphatic carbocycles. The van der Waals surface area contributed by atoms with Crippen LogP contribution in [0.15, 0.2) is 23.6 Å². The number of nitrogens with one attached hydrogen (secondary N) is 2. The summed E-state index contributed by atoms with van der Waals surface area (Å²) in [4.78, 5) is 0. The maximum Gasteiger partial charge on any atom is 0.0959 e. The van der Waals surface area contributed by atoms with Crippen molar-refractivity contribution in [3.8, 4) is 0 Å². The molecule has 0 radical (unpaired) electrons. The van der Waals surface area contributed by atoms with Crippen LogP contribution in [0.4, 0.5) is 0 Å². The van der Waals surface area contributed by atoms with Crippen molar-refractivity contribution in [3.63, 3.8) is 0 Å². The lowest BCUT2D eigenvalue weighted by molar-refractivity contribution is 0.275. The molecule has 0 spiro atoms. The molecule has 3 nitrogen and oxygen atoms in total. The Bertz CT molecular complexity index is 197. The first-order valence-corrected chi connectivity index (χ1v) is 4.19. The summed E-state index contributed by atoms with van der Waals surface area (Å²) in [6.45, 7) is 1.17. The van der Waals surface area contributed by atoms with Crippen molar-refractivity contribution in [1.29, 1.82) is 0 Å². The zero-order valence-corrected chi connectivity index (χ0v) is 7.39. The van der Waals surface area contributed by atoms with Gasteiger partial charge in [0.25, 0.3) is 0 Å². The van der Waals surface area contributed by atoms with Gasteiger partial charge in [-0.2, -0.15) is 0 Å². The van der Waals surface area contributed by atoms with Gasteiger partial charge in [0.05, 0.1) is 12.9 Å². The summed E-state index contributed by atoms with van der Waals surface area (Å²) < 4.78 is 5.10. The zero-order valence-electron chi connectivity index (χ0n) is 7.39. The number of rotatable bonds is 4. The van der Waals surface area contributed by atoms with Crippen LogP contribution in [0, 0.1) is 0 Å². The monoisotopic (exact) mass is 167 g/mol. The van der Waals surface area contributed by atoms with Crippen molar-refractivity contribution in [1.82, 2.24) is 5.32 Å². The molecule has 2 N–H and O–H groups in total. The maximum absolute atomic E-state index is 6.97. The third-order valence-electron chi connectivity index (χ3n) is 1.85. The Morgan fingerprint density at radius 3 is 2.83 bits per heavy atom. The Hall–Kier alpha value is -0.960. The Morgan fingerprint density at radius 2 is 2.33 bits per heavy atom. The summed E-state index contributed by atoms with van der Waals surface area (Å²) in [5.74, 6) is 1.03. The smallest absolute Gasteiger partial charge is 0.0959 e. The molecule has 0 aliphatic heterocycles. The molecule has 0 atom stereocenters. The third kappa shape index (κ3) is 2.58. The van der Waals surface area contributed by atoms with Gasteiger partial charge in [-0.15, -0.1) is 6.54 Å². The molecule has 1 rings (SSSR count). The van der Waals surface area contributed by atoms with Crippen LogP contribution in [-0.2, 0) is 4.74 Å². The Kier molecular flexibility index (Phi) is 3.67. The summed E-state index contributed by atoms with van der Waals surface area (Å²) in [6, 6.07) is 0. The second kappa shape index (κ2) is 4.83. The molecule has 68 valence electrons. The summed E-state index contributed by atoms with van der Waals surface area (Å²) in [7, 11) is 1.70. The van der Waals surface area contributed by atoms with E-state index in [1.165, 1.54) is 5.70 Å². The molecule has 12 heavy (non-hydrogen) atoms. The molecule has 1 aliphatic rings. The predicted octanol–water partition coefficient (Wildman–Crippen LogP) is 1.84. The highest BCUT2D eigenvalue weighted by Crippen LogP contribution is 2.16. The lowest BCUT2D eigenvalue weighted by Gasteiger charge is -2.15. The summed E-state index contributed by atoms with van der Waals surface area (Å²) >= 11 is 0. The van der Waals surface area contributed by atoms with Crippen molar-refractivity contribution in [2.24, 2.45) is 0 Å². The van der Waals surface area contributed by atoms with Gasteiger partial charge in [0.2, 0.25) is 0 Å². The predicted molar refractivity (Wildman–Crippen MR) is 49.6 cm³/mol. The maximum atomic E-state index is 6.97. The summed E-state index contributed by atoms with van der Waals surface area (Å²) in [5, 5.41) is 3.19. The molecule has 0 aromatic rings. The average Bonchev–Trinajstić information content (AvgIpc) is 2.15. The van der Waals surface area contributed by atoms with Crippen molar-refractivity contribution >= 4 is 0 Å². The van der Waals surface area contributed by atoms with E-state index in [-0.39, 0.29) is 0 Å². The van der Waals surface area contributed by atoms with Crippen LogP contribution < -0.4 is 5.32 Å². The molecule has 3 heteroatoms. The van der Waals surface area contributed by atoms with Gasteiger partial charge in [-0.1, -0.05) is 0 Å².